The van der Waals surface area contributed by atoms with Gasteiger partial charge >= 0.3 is 0 Å². The molecule has 120 valence electrons. The molecule has 7 heteroatoms. The van der Waals surface area contributed by atoms with Crippen molar-refractivity contribution in [2.45, 2.75) is 11.8 Å². The zero-order valence-corrected chi connectivity index (χ0v) is 13.0. The Balaban J connectivity index is 2.04. The predicted octanol–water partition coefficient (Wildman–Crippen LogP) is 1.46. The van der Waals surface area contributed by atoms with Gasteiger partial charge in [-0.15, -0.1) is 0 Å². The highest BCUT2D eigenvalue weighted by Gasteiger charge is 2.13. The van der Waals surface area contributed by atoms with Gasteiger partial charge < -0.3 is 14.2 Å². The molecule has 1 aromatic carbocycles. The molecule has 0 amide bonds. The molecule has 0 spiro atoms. The summed E-state index contributed by atoms with van der Waals surface area (Å²) in [6.45, 7) is 4.70. The average Bonchev–Trinajstić information content (AvgIpc) is 2.50. The molecule has 0 atom stereocenters. The van der Waals surface area contributed by atoms with Crippen molar-refractivity contribution in [3.05, 3.63) is 30.3 Å². The third kappa shape index (κ3) is 8.13. The van der Waals surface area contributed by atoms with Gasteiger partial charge in [0.2, 0.25) is 0 Å². The molecule has 0 unspecified atom stereocenters. The van der Waals surface area contributed by atoms with Gasteiger partial charge in [0.05, 0.1) is 44.5 Å². The Morgan fingerprint density at radius 3 is 1.90 bits per heavy atom. The molecule has 6 nitrogen and oxygen atoms in total. The second kappa shape index (κ2) is 10.7. The van der Waals surface area contributed by atoms with E-state index in [4.69, 9.17) is 18.4 Å². The monoisotopic (exact) mass is 318 g/mol. The highest BCUT2D eigenvalue weighted by atomic mass is 32.2. The Labute approximate surface area is 126 Å². The van der Waals surface area contributed by atoms with Crippen LogP contribution in [0.5, 0.6) is 0 Å². The van der Waals surface area contributed by atoms with Gasteiger partial charge in [-0.25, -0.2) is 0 Å². The van der Waals surface area contributed by atoms with Gasteiger partial charge in [-0.1, -0.05) is 18.2 Å². The van der Waals surface area contributed by atoms with Crippen molar-refractivity contribution in [1.29, 1.82) is 0 Å². The van der Waals surface area contributed by atoms with Crippen LogP contribution in [0, 0.1) is 0 Å². The first kappa shape index (κ1) is 18.1. The molecular weight excluding hydrogens is 296 g/mol. The molecule has 0 aliphatic carbocycles. The summed E-state index contributed by atoms with van der Waals surface area (Å²) < 4.78 is 43.9. The van der Waals surface area contributed by atoms with Crippen molar-refractivity contribution in [3.8, 4) is 0 Å². The Kier molecular flexibility index (Phi) is 9.20. The van der Waals surface area contributed by atoms with E-state index in [0.717, 1.165) is 0 Å². The summed E-state index contributed by atoms with van der Waals surface area (Å²) >= 11 is 0. The molecule has 0 aromatic heterocycles. The van der Waals surface area contributed by atoms with E-state index < -0.39 is 10.1 Å². The number of ether oxygens (including phenoxy) is 3. The maximum atomic E-state index is 11.8. The van der Waals surface area contributed by atoms with Crippen LogP contribution in [0.25, 0.3) is 0 Å². The highest BCUT2D eigenvalue weighted by Crippen LogP contribution is 2.10. The molecule has 0 N–H and O–H groups in total. The van der Waals surface area contributed by atoms with Crippen LogP contribution in [0.3, 0.4) is 0 Å². The molecule has 0 radical (unpaired) electrons. The first-order valence-electron chi connectivity index (χ1n) is 6.84. The Morgan fingerprint density at radius 2 is 1.33 bits per heavy atom. The normalized spacial score (nSPS) is 11.7. The van der Waals surface area contributed by atoms with E-state index in [2.05, 4.69) is 0 Å². The van der Waals surface area contributed by atoms with Crippen LogP contribution >= 0.6 is 0 Å². The van der Waals surface area contributed by atoms with Crippen molar-refractivity contribution in [2.75, 3.05) is 46.2 Å². The molecule has 1 aromatic rings. The van der Waals surface area contributed by atoms with Gasteiger partial charge in [0.1, 0.15) is 0 Å². The Morgan fingerprint density at radius 1 is 0.810 bits per heavy atom. The first-order chi connectivity index (χ1) is 10.2. The molecule has 0 saturated carbocycles. The fraction of sp³-hybridized carbons (Fsp3) is 0.571. The molecule has 1 rings (SSSR count). The van der Waals surface area contributed by atoms with Crippen LogP contribution in [-0.2, 0) is 28.5 Å². The van der Waals surface area contributed by atoms with Gasteiger partial charge in [-0.3, -0.25) is 4.18 Å². The summed E-state index contributed by atoms with van der Waals surface area (Å²) in [6.07, 6.45) is 0. The molecule has 21 heavy (non-hydrogen) atoms. The lowest BCUT2D eigenvalue weighted by molar-refractivity contribution is 0.0117. The number of benzene rings is 1. The van der Waals surface area contributed by atoms with E-state index in [0.29, 0.717) is 33.0 Å². The molecule has 0 aliphatic rings. The summed E-state index contributed by atoms with van der Waals surface area (Å²) in [5, 5.41) is 0. The summed E-state index contributed by atoms with van der Waals surface area (Å²) in [5.74, 6) is 0. The van der Waals surface area contributed by atoms with Crippen molar-refractivity contribution in [3.63, 3.8) is 0 Å². The SMILES string of the molecule is CCOCCOCCOCCOS(=O)(=O)c1ccccc1. The molecule has 0 bridgehead atoms. The molecule has 0 heterocycles. The van der Waals surface area contributed by atoms with E-state index in [1.807, 2.05) is 6.92 Å². The number of hydrogen-bond acceptors (Lipinski definition) is 6. The Hall–Kier alpha value is -0.990. The zero-order valence-electron chi connectivity index (χ0n) is 12.2. The van der Waals surface area contributed by atoms with Crippen molar-refractivity contribution < 1.29 is 26.8 Å². The smallest absolute Gasteiger partial charge is 0.297 e. The third-order valence-electron chi connectivity index (χ3n) is 2.45. The van der Waals surface area contributed by atoms with Crippen molar-refractivity contribution in [2.24, 2.45) is 0 Å². The van der Waals surface area contributed by atoms with Gasteiger partial charge in [0.25, 0.3) is 10.1 Å². The highest BCUT2D eigenvalue weighted by molar-refractivity contribution is 7.86. The topological polar surface area (TPSA) is 71.1 Å². The lowest BCUT2D eigenvalue weighted by atomic mass is 10.4. The fourth-order valence-corrected chi connectivity index (χ4v) is 2.36. The van der Waals surface area contributed by atoms with Gasteiger partial charge in [0, 0.05) is 6.61 Å². The van der Waals surface area contributed by atoms with Gasteiger partial charge in [-0.2, -0.15) is 8.42 Å². The summed E-state index contributed by atoms with van der Waals surface area (Å²) in [5.41, 5.74) is 0. The van der Waals surface area contributed by atoms with Crippen LogP contribution in [0.1, 0.15) is 6.92 Å². The minimum Gasteiger partial charge on any atom is -0.379 e. The summed E-state index contributed by atoms with van der Waals surface area (Å²) in [7, 11) is -3.70. The fourth-order valence-electron chi connectivity index (χ4n) is 1.44. The molecule has 0 fully saturated rings. The lowest BCUT2D eigenvalue weighted by Crippen LogP contribution is -2.14. The quantitative estimate of drug-likeness (QED) is 0.429. The van der Waals surface area contributed by atoms with Gasteiger partial charge in [-0.05, 0) is 19.1 Å². The van der Waals surface area contributed by atoms with E-state index in [1.54, 1.807) is 18.2 Å². The molecule has 0 saturated heterocycles. The second-order valence-corrected chi connectivity index (χ2v) is 5.63. The summed E-state index contributed by atoms with van der Waals surface area (Å²) in [4.78, 5) is 0.143. The lowest BCUT2D eigenvalue weighted by Gasteiger charge is -2.07. The van der Waals surface area contributed by atoms with Crippen LogP contribution in [0.4, 0.5) is 0 Å². The van der Waals surface area contributed by atoms with Crippen LogP contribution in [0.2, 0.25) is 0 Å². The van der Waals surface area contributed by atoms with Crippen LogP contribution in [-0.4, -0.2) is 54.7 Å². The third-order valence-corrected chi connectivity index (χ3v) is 3.77. The van der Waals surface area contributed by atoms with E-state index in [1.165, 1.54) is 12.1 Å². The minimum atomic E-state index is -3.70. The summed E-state index contributed by atoms with van der Waals surface area (Å²) in [6, 6.07) is 8.01. The first-order valence-corrected chi connectivity index (χ1v) is 8.25. The predicted molar refractivity (Wildman–Crippen MR) is 77.7 cm³/mol. The average molecular weight is 318 g/mol. The van der Waals surface area contributed by atoms with Crippen LogP contribution < -0.4 is 0 Å². The number of hydrogen-bond donors (Lipinski definition) is 0. The molecular formula is C14H22O6S. The van der Waals surface area contributed by atoms with Crippen LogP contribution in [0.15, 0.2) is 35.2 Å². The van der Waals surface area contributed by atoms with E-state index in [-0.39, 0.29) is 18.1 Å². The second-order valence-electron chi connectivity index (χ2n) is 4.01. The standard InChI is InChI=1S/C14H22O6S/c1-2-17-8-9-18-10-11-19-12-13-20-21(15,16)14-6-4-3-5-7-14/h3-7H,2,8-13H2,1H3. The van der Waals surface area contributed by atoms with E-state index >= 15 is 0 Å². The number of rotatable bonds is 12. The molecule has 0 aliphatic heterocycles. The maximum absolute atomic E-state index is 11.8. The van der Waals surface area contributed by atoms with Gasteiger partial charge in [0.15, 0.2) is 0 Å². The van der Waals surface area contributed by atoms with Crippen molar-refractivity contribution in [1.82, 2.24) is 0 Å². The van der Waals surface area contributed by atoms with Crippen molar-refractivity contribution >= 4 is 10.1 Å². The zero-order chi connectivity index (χ0) is 15.4. The van der Waals surface area contributed by atoms with E-state index in [9.17, 15) is 8.42 Å². The minimum absolute atomic E-state index is 0.0177. The largest absolute Gasteiger partial charge is 0.379 e. The maximum Gasteiger partial charge on any atom is 0.297 e. The Bertz CT molecular complexity index is 460.